The quantitative estimate of drug-likeness (QED) is 0.625. The van der Waals surface area contributed by atoms with Crippen LogP contribution in [-0.2, 0) is 14.8 Å². The molecule has 1 N–H and O–H groups in total. The van der Waals surface area contributed by atoms with Crippen molar-refractivity contribution in [1.29, 1.82) is 0 Å². The van der Waals surface area contributed by atoms with E-state index in [1.165, 1.54) is 20.1 Å². The highest BCUT2D eigenvalue weighted by Crippen LogP contribution is 2.36. The zero-order valence-corrected chi connectivity index (χ0v) is 13.4. The minimum Gasteiger partial charge on any atom is -0.497 e. The summed E-state index contributed by atoms with van der Waals surface area (Å²) in [6, 6.07) is 3.44. The maximum absolute atomic E-state index is 12.7. The number of aliphatic carboxylic acids is 1. The first kappa shape index (κ1) is 17.2. The van der Waals surface area contributed by atoms with Crippen molar-refractivity contribution in [3.63, 3.8) is 0 Å². The molecule has 1 atom stereocenters. The molecule has 1 saturated heterocycles. The standard InChI is InChI=1S/C13H16N2O7S/c1-13(12(16)17)5-6-14(8-13)23(20,21)11-4-3-9(22-2)7-10(11)15(18)19/h3-4,7H,5-6,8H2,1-2H3,(H,16,17). The maximum atomic E-state index is 12.7. The van der Waals surface area contributed by atoms with E-state index in [9.17, 15) is 28.4 Å². The lowest BCUT2D eigenvalue weighted by Crippen LogP contribution is -2.35. The van der Waals surface area contributed by atoms with Gasteiger partial charge in [0.2, 0.25) is 10.0 Å². The van der Waals surface area contributed by atoms with Crippen LogP contribution in [0.15, 0.2) is 23.1 Å². The molecule has 1 heterocycles. The second-order valence-electron chi connectivity index (χ2n) is 5.55. The fraction of sp³-hybridized carbons (Fsp3) is 0.462. The molecule has 1 aromatic rings. The minimum atomic E-state index is -4.17. The van der Waals surface area contributed by atoms with Crippen LogP contribution in [0.5, 0.6) is 5.75 Å². The zero-order chi connectivity index (χ0) is 17.4. The Bertz CT molecular complexity index is 762. The summed E-state index contributed by atoms with van der Waals surface area (Å²) in [6.07, 6.45) is 0.144. The van der Waals surface area contributed by atoms with Gasteiger partial charge in [0.25, 0.3) is 5.69 Å². The lowest BCUT2D eigenvalue weighted by Gasteiger charge is -2.20. The molecule has 126 valence electrons. The Hall–Kier alpha value is -2.20. The molecule has 0 amide bonds. The third-order valence-corrected chi connectivity index (χ3v) is 5.83. The first-order valence-corrected chi connectivity index (χ1v) is 8.12. The number of nitro groups is 1. The Balaban J connectivity index is 2.45. The number of nitrogens with zero attached hydrogens (tertiary/aromatic N) is 2. The number of carboxylic acid groups (broad SMARTS) is 1. The highest BCUT2D eigenvalue weighted by Gasteiger charge is 2.46. The monoisotopic (exact) mass is 344 g/mol. The third kappa shape index (κ3) is 2.99. The van der Waals surface area contributed by atoms with Gasteiger partial charge >= 0.3 is 5.97 Å². The van der Waals surface area contributed by atoms with E-state index >= 15 is 0 Å². The molecule has 0 aliphatic carbocycles. The van der Waals surface area contributed by atoms with Crippen LogP contribution >= 0.6 is 0 Å². The molecule has 1 aliphatic rings. The van der Waals surface area contributed by atoms with E-state index in [1.54, 1.807) is 0 Å². The Labute approximate surface area is 132 Å². The van der Waals surface area contributed by atoms with Gasteiger partial charge in [-0.25, -0.2) is 8.42 Å². The molecule has 0 saturated carbocycles. The van der Waals surface area contributed by atoms with Crippen molar-refractivity contribution < 1.29 is 28.0 Å². The van der Waals surface area contributed by atoms with Gasteiger partial charge in [0.05, 0.1) is 23.5 Å². The van der Waals surface area contributed by atoms with Gasteiger partial charge in [0.1, 0.15) is 5.75 Å². The number of methoxy groups -OCH3 is 1. The maximum Gasteiger partial charge on any atom is 0.310 e. The van der Waals surface area contributed by atoms with E-state index in [0.717, 1.165) is 16.4 Å². The van der Waals surface area contributed by atoms with Crippen molar-refractivity contribution in [1.82, 2.24) is 4.31 Å². The first-order valence-electron chi connectivity index (χ1n) is 6.68. The minimum absolute atomic E-state index is 0.00564. The molecule has 10 heteroatoms. The van der Waals surface area contributed by atoms with E-state index < -0.39 is 36.9 Å². The highest BCUT2D eigenvalue weighted by atomic mass is 32.2. The Kier molecular flexibility index (Phi) is 4.31. The summed E-state index contributed by atoms with van der Waals surface area (Å²) in [7, 11) is -2.86. The van der Waals surface area contributed by atoms with Crippen molar-refractivity contribution in [3.8, 4) is 5.75 Å². The summed E-state index contributed by atoms with van der Waals surface area (Å²) in [5.74, 6) is -0.938. The number of rotatable bonds is 5. The zero-order valence-electron chi connectivity index (χ0n) is 12.6. The van der Waals surface area contributed by atoms with Crippen LogP contribution in [0.25, 0.3) is 0 Å². The average molecular weight is 344 g/mol. The van der Waals surface area contributed by atoms with Crippen molar-refractivity contribution in [2.45, 2.75) is 18.2 Å². The van der Waals surface area contributed by atoms with Crippen LogP contribution < -0.4 is 4.74 Å². The van der Waals surface area contributed by atoms with Crippen molar-refractivity contribution in [2.75, 3.05) is 20.2 Å². The van der Waals surface area contributed by atoms with E-state index in [1.807, 2.05) is 0 Å². The van der Waals surface area contributed by atoms with Gasteiger partial charge in [0, 0.05) is 13.1 Å². The SMILES string of the molecule is COc1ccc(S(=O)(=O)N2CCC(C)(C(=O)O)C2)c([N+](=O)[O-])c1. The molecule has 1 aromatic carbocycles. The van der Waals surface area contributed by atoms with Gasteiger partial charge in [-0.3, -0.25) is 14.9 Å². The summed E-state index contributed by atoms with van der Waals surface area (Å²) >= 11 is 0. The predicted molar refractivity (Wildman–Crippen MR) is 78.8 cm³/mol. The Morgan fingerprint density at radius 1 is 1.48 bits per heavy atom. The fourth-order valence-corrected chi connectivity index (χ4v) is 4.13. The van der Waals surface area contributed by atoms with Gasteiger partial charge in [-0.15, -0.1) is 0 Å². The summed E-state index contributed by atoms with van der Waals surface area (Å²) in [5.41, 5.74) is -1.80. The fourth-order valence-electron chi connectivity index (χ4n) is 2.42. The van der Waals surface area contributed by atoms with E-state index in [0.29, 0.717) is 0 Å². The number of ether oxygens (including phenoxy) is 1. The van der Waals surface area contributed by atoms with Crippen molar-refractivity contribution >= 4 is 21.7 Å². The molecule has 23 heavy (non-hydrogen) atoms. The summed E-state index contributed by atoms with van der Waals surface area (Å²) in [5, 5.41) is 20.4. The second-order valence-corrected chi connectivity index (χ2v) is 7.45. The molecule has 1 unspecified atom stereocenters. The van der Waals surface area contributed by atoms with Crippen LogP contribution in [-0.4, -0.2) is 48.9 Å². The number of carboxylic acids is 1. The molecule has 0 bridgehead atoms. The van der Waals surface area contributed by atoms with Crippen LogP contribution in [0.4, 0.5) is 5.69 Å². The summed E-state index contributed by atoms with van der Waals surface area (Å²) in [4.78, 5) is 21.1. The van der Waals surface area contributed by atoms with Gasteiger partial charge in [-0.2, -0.15) is 4.31 Å². The first-order chi connectivity index (χ1) is 10.6. The Morgan fingerprint density at radius 3 is 2.61 bits per heavy atom. The van der Waals surface area contributed by atoms with Crippen LogP contribution in [0.1, 0.15) is 13.3 Å². The number of nitro benzene ring substituents is 1. The third-order valence-electron chi connectivity index (χ3n) is 3.94. The predicted octanol–water partition coefficient (Wildman–Crippen LogP) is 1.09. The number of hydrogen-bond donors (Lipinski definition) is 1. The van der Waals surface area contributed by atoms with Crippen LogP contribution in [0.3, 0.4) is 0 Å². The van der Waals surface area contributed by atoms with Gasteiger partial charge in [-0.05, 0) is 25.5 Å². The average Bonchev–Trinajstić information content (AvgIpc) is 2.91. The smallest absolute Gasteiger partial charge is 0.310 e. The second kappa shape index (κ2) is 5.78. The molecule has 0 spiro atoms. The molecule has 9 nitrogen and oxygen atoms in total. The number of sulfonamides is 1. The largest absolute Gasteiger partial charge is 0.497 e. The molecular weight excluding hydrogens is 328 g/mol. The van der Waals surface area contributed by atoms with E-state index in [4.69, 9.17) is 4.74 Å². The van der Waals surface area contributed by atoms with E-state index in [2.05, 4.69) is 0 Å². The van der Waals surface area contributed by atoms with E-state index in [-0.39, 0.29) is 25.3 Å². The van der Waals surface area contributed by atoms with Crippen molar-refractivity contribution in [3.05, 3.63) is 28.3 Å². The molecule has 1 aliphatic heterocycles. The van der Waals surface area contributed by atoms with Crippen LogP contribution in [0.2, 0.25) is 0 Å². The summed E-state index contributed by atoms with van der Waals surface area (Å²) < 4.78 is 31.2. The molecular formula is C13H16N2O7S. The molecule has 0 radical (unpaired) electrons. The number of carbonyl (C=O) groups is 1. The van der Waals surface area contributed by atoms with Gasteiger partial charge in [-0.1, -0.05) is 0 Å². The number of hydrogen-bond acceptors (Lipinski definition) is 6. The summed E-state index contributed by atoms with van der Waals surface area (Å²) in [6.45, 7) is 1.22. The Morgan fingerprint density at radius 2 is 2.13 bits per heavy atom. The lowest BCUT2D eigenvalue weighted by molar-refractivity contribution is -0.387. The number of benzene rings is 1. The van der Waals surface area contributed by atoms with Crippen molar-refractivity contribution in [2.24, 2.45) is 5.41 Å². The van der Waals surface area contributed by atoms with Gasteiger partial charge < -0.3 is 9.84 Å². The van der Waals surface area contributed by atoms with Crippen LogP contribution in [0, 0.1) is 15.5 Å². The topological polar surface area (TPSA) is 127 Å². The van der Waals surface area contributed by atoms with Gasteiger partial charge in [0.15, 0.2) is 4.90 Å². The lowest BCUT2D eigenvalue weighted by atomic mass is 9.90. The molecule has 1 fully saturated rings. The molecule has 2 rings (SSSR count). The highest BCUT2D eigenvalue weighted by molar-refractivity contribution is 7.89. The normalized spacial score (nSPS) is 22.0. The molecule has 0 aromatic heterocycles.